The second kappa shape index (κ2) is 11.7. The van der Waals surface area contributed by atoms with Gasteiger partial charge in [-0.1, -0.05) is 71.7 Å². The molecule has 0 heterocycles. The molecule has 0 aromatic heterocycles. The van der Waals surface area contributed by atoms with Gasteiger partial charge in [-0.05, 0) is 35.2 Å². The molecule has 0 saturated heterocycles. The van der Waals surface area contributed by atoms with Crippen LogP contribution in [0, 0.1) is 5.92 Å². The van der Waals surface area contributed by atoms with Crippen molar-refractivity contribution in [1.29, 1.82) is 0 Å². The summed E-state index contributed by atoms with van der Waals surface area (Å²) in [7, 11) is 0. The van der Waals surface area contributed by atoms with Gasteiger partial charge in [-0.3, -0.25) is 9.59 Å². The molecule has 2 aromatic carbocycles. The Hall–Kier alpha value is -2.58. The lowest BCUT2D eigenvalue weighted by Crippen LogP contribution is -2.55. The number of carbonyl (C=O) groups is 3. The van der Waals surface area contributed by atoms with Crippen molar-refractivity contribution in [2.45, 2.75) is 39.0 Å². The minimum atomic E-state index is -0.981. The molecule has 0 saturated carbocycles. The van der Waals surface area contributed by atoms with E-state index in [2.05, 4.69) is 26.6 Å². The van der Waals surface area contributed by atoms with Gasteiger partial charge < -0.3 is 21.1 Å². The maximum absolute atomic E-state index is 12.8. The fourth-order valence-corrected chi connectivity index (χ4v) is 3.43. The van der Waals surface area contributed by atoms with Crippen LogP contribution in [0.15, 0.2) is 53.0 Å². The van der Waals surface area contributed by atoms with E-state index in [-0.39, 0.29) is 18.9 Å². The molecule has 7 nitrogen and oxygen atoms in total. The molecule has 0 aliphatic carbocycles. The number of halogens is 2. The number of alkyl carbamates (subject to hydrolysis) is 1. The normalized spacial score (nSPS) is 12.7. The van der Waals surface area contributed by atoms with Gasteiger partial charge in [0.25, 0.3) is 0 Å². The molecule has 0 radical (unpaired) electrons. The molecule has 9 heteroatoms. The Balaban J connectivity index is 2.02. The SMILES string of the molecule is CC(C)[C@@H](NC(=O)OCc1ccccc1)C(=O)N[C@@H](Cc1cc(Cl)ccc1Br)C(N)=O. The van der Waals surface area contributed by atoms with E-state index in [9.17, 15) is 14.4 Å². The molecule has 166 valence electrons. The van der Waals surface area contributed by atoms with Crippen LogP contribution in [0.25, 0.3) is 0 Å². The lowest BCUT2D eigenvalue weighted by atomic mass is 10.0. The van der Waals surface area contributed by atoms with Crippen LogP contribution in [0.1, 0.15) is 25.0 Å². The van der Waals surface area contributed by atoms with Crippen LogP contribution in [0.2, 0.25) is 5.02 Å². The molecule has 3 amide bonds. The van der Waals surface area contributed by atoms with Crippen LogP contribution < -0.4 is 16.4 Å². The number of primary amides is 1. The van der Waals surface area contributed by atoms with Gasteiger partial charge in [0.2, 0.25) is 11.8 Å². The second-order valence-corrected chi connectivity index (χ2v) is 8.62. The smallest absolute Gasteiger partial charge is 0.408 e. The monoisotopic (exact) mass is 509 g/mol. The van der Waals surface area contributed by atoms with Crippen LogP contribution in [0.4, 0.5) is 4.79 Å². The number of rotatable bonds is 9. The number of ether oxygens (including phenoxy) is 1. The van der Waals surface area contributed by atoms with Crippen LogP contribution in [-0.2, 0) is 27.4 Å². The summed E-state index contributed by atoms with van der Waals surface area (Å²) in [5.41, 5.74) is 7.04. The third kappa shape index (κ3) is 7.88. The first kappa shape index (κ1) is 24.7. The third-order valence-electron chi connectivity index (χ3n) is 4.53. The average molecular weight is 511 g/mol. The topological polar surface area (TPSA) is 111 Å². The number of amides is 3. The highest BCUT2D eigenvalue weighted by molar-refractivity contribution is 9.10. The Labute approximate surface area is 194 Å². The Bertz CT molecular complexity index is 924. The van der Waals surface area contributed by atoms with Gasteiger partial charge >= 0.3 is 6.09 Å². The number of benzene rings is 2. The quantitative estimate of drug-likeness (QED) is 0.479. The zero-order chi connectivity index (χ0) is 23.0. The minimum absolute atomic E-state index is 0.0752. The van der Waals surface area contributed by atoms with E-state index < -0.39 is 30.0 Å². The first-order valence-electron chi connectivity index (χ1n) is 9.68. The molecule has 2 atom stereocenters. The fourth-order valence-electron chi connectivity index (χ4n) is 2.83. The van der Waals surface area contributed by atoms with E-state index in [1.807, 2.05) is 30.3 Å². The number of nitrogens with one attached hydrogen (secondary N) is 2. The third-order valence-corrected chi connectivity index (χ3v) is 5.54. The van der Waals surface area contributed by atoms with Gasteiger partial charge in [0.1, 0.15) is 18.7 Å². The van der Waals surface area contributed by atoms with E-state index in [0.717, 1.165) is 10.0 Å². The van der Waals surface area contributed by atoms with Crippen LogP contribution >= 0.6 is 27.5 Å². The standard InChI is InChI=1S/C22H25BrClN3O4/c1-13(2)19(27-22(30)31-12-14-6-4-3-5-7-14)21(29)26-18(20(25)28)11-15-10-16(24)8-9-17(15)23/h3-10,13,18-19H,11-12H2,1-2H3,(H2,25,28)(H,26,29)(H,27,30)/t18-,19+/m0/s1. The van der Waals surface area contributed by atoms with Gasteiger partial charge in [-0.15, -0.1) is 0 Å². The number of hydrogen-bond acceptors (Lipinski definition) is 4. The first-order valence-corrected chi connectivity index (χ1v) is 10.8. The molecule has 0 aliphatic rings. The van der Waals surface area contributed by atoms with Gasteiger partial charge in [0, 0.05) is 15.9 Å². The second-order valence-electron chi connectivity index (χ2n) is 7.33. The lowest BCUT2D eigenvalue weighted by Gasteiger charge is -2.24. The van der Waals surface area contributed by atoms with E-state index in [1.54, 1.807) is 32.0 Å². The number of carbonyl (C=O) groups excluding carboxylic acids is 3. The Morgan fingerprint density at radius 1 is 1.10 bits per heavy atom. The highest BCUT2D eigenvalue weighted by Gasteiger charge is 2.29. The Morgan fingerprint density at radius 2 is 1.77 bits per heavy atom. The summed E-state index contributed by atoms with van der Waals surface area (Å²) in [6.07, 6.45) is -0.586. The van der Waals surface area contributed by atoms with Gasteiger partial charge in [-0.2, -0.15) is 0 Å². The molecule has 0 fully saturated rings. The molecular formula is C22H25BrClN3O4. The summed E-state index contributed by atoms with van der Waals surface area (Å²) in [6.45, 7) is 3.62. The summed E-state index contributed by atoms with van der Waals surface area (Å²) in [5, 5.41) is 5.68. The summed E-state index contributed by atoms with van der Waals surface area (Å²) in [5.74, 6) is -1.49. The predicted octanol–water partition coefficient (Wildman–Crippen LogP) is 3.57. The van der Waals surface area contributed by atoms with Gasteiger partial charge in [0.05, 0.1) is 0 Å². The molecule has 2 aromatic rings. The van der Waals surface area contributed by atoms with Crippen molar-refractivity contribution in [1.82, 2.24) is 10.6 Å². The lowest BCUT2D eigenvalue weighted by molar-refractivity contribution is -0.129. The molecule has 31 heavy (non-hydrogen) atoms. The summed E-state index contributed by atoms with van der Waals surface area (Å²) in [4.78, 5) is 37.0. The maximum Gasteiger partial charge on any atom is 0.408 e. The first-order chi connectivity index (χ1) is 14.7. The maximum atomic E-state index is 12.8. The van der Waals surface area contributed by atoms with Crippen molar-refractivity contribution >= 4 is 45.4 Å². The van der Waals surface area contributed by atoms with Crippen molar-refractivity contribution in [2.24, 2.45) is 11.7 Å². The van der Waals surface area contributed by atoms with Crippen molar-refractivity contribution in [3.63, 3.8) is 0 Å². The molecule has 0 bridgehead atoms. The molecule has 2 rings (SSSR count). The zero-order valence-electron chi connectivity index (χ0n) is 17.2. The molecule has 0 spiro atoms. The summed E-state index contributed by atoms with van der Waals surface area (Å²) < 4.78 is 5.93. The Morgan fingerprint density at radius 3 is 2.39 bits per heavy atom. The molecular weight excluding hydrogens is 486 g/mol. The number of hydrogen-bond donors (Lipinski definition) is 3. The van der Waals surface area contributed by atoms with E-state index in [0.29, 0.717) is 10.6 Å². The highest BCUT2D eigenvalue weighted by Crippen LogP contribution is 2.22. The minimum Gasteiger partial charge on any atom is -0.445 e. The van der Waals surface area contributed by atoms with Gasteiger partial charge in [0.15, 0.2) is 0 Å². The molecule has 0 aliphatic heterocycles. The summed E-state index contributed by atoms with van der Waals surface area (Å²) >= 11 is 9.42. The van der Waals surface area contributed by atoms with Crippen LogP contribution in [-0.4, -0.2) is 30.0 Å². The van der Waals surface area contributed by atoms with Crippen molar-refractivity contribution in [3.05, 3.63) is 69.2 Å². The largest absolute Gasteiger partial charge is 0.445 e. The van der Waals surface area contributed by atoms with Crippen LogP contribution in [0.3, 0.4) is 0 Å². The predicted molar refractivity (Wildman–Crippen MR) is 122 cm³/mol. The molecule has 0 unspecified atom stereocenters. The fraction of sp³-hybridized carbons (Fsp3) is 0.318. The zero-order valence-corrected chi connectivity index (χ0v) is 19.6. The van der Waals surface area contributed by atoms with Crippen molar-refractivity contribution < 1.29 is 19.1 Å². The van der Waals surface area contributed by atoms with E-state index in [4.69, 9.17) is 22.1 Å². The highest BCUT2D eigenvalue weighted by atomic mass is 79.9. The number of nitrogens with two attached hydrogens (primary N) is 1. The van der Waals surface area contributed by atoms with Gasteiger partial charge in [-0.25, -0.2) is 4.79 Å². The summed E-state index contributed by atoms with van der Waals surface area (Å²) in [6, 6.07) is 12.4. The van der Waals surface area contributed by atoms with Crippen molar-refractivity contribution in [2.75, 3.05) is 0 Å². The van der Waals surface area contributed by atoms with E-state index >= 15 is 0 Å². The van der Waals surface area contributed by atoms with Crippen LogP contribution in [0.5, 0.6) is 0 Å². The van der Waals surface area contributed by atoms with E-state index in [1.165, 1.54) is 0 Å². The average Bonchev–Trinajstić information content (AvgIpc) is 2.72. The van der Waals surface area contributed by atoms with Crippen molar-refractivity contribution in [3.8, 4) is 0 Å². The Kier molecular flexibility index (Phi) is 9.33. The molecule has 4 N–H and O–H groups in total.